The van der Waals surface area contributed by atoms with Crippen molar-refractivity contribution in [2.45, 2.75) is 44.3 Å². The molecule has 0 saturated heterocycles. The number of nitrogens with one attached hydrogen (secondary N) is 1. The van der Waals surface area contributed by atoms with Gasteiger partial charge in [0.1, 0.15) is 0 Å². The number of nitrogens with zero attached hydrogens (tertiary/aromatic N) is 3. The van der Waals surface area contributed by atoms with Crippen molar-refractivity contribution >= 4 is 23.7 Å². The molecule has 0 bridgehead atoms. The number of anilines is 2. The Morgan fingerprint density at radius 3 is 2.35 bits per heavy atom. The average Bonchev–Trinajstić information content (AvgIpc) is 2.97. The van der Waals surface area contributed by atoms with E-state index in [1.165, 1.54) is 11.8 Å². The van der Waals surface area contributed by atoms with Crippen molar-refractivity contribution in [1.29, 1.82) is 0 Å². The van der Waals surface area contributed by atoms with E-state index in [1.807, 2.05) is 6.26 Å². The lowest BCUT2D eigenvalue weighted by Crippen LogP contribution is -2.37. The zero-order chi connectivity index (χ0) is 12.7. The highest BCUT2D eigenvalue weighted by Gasteiger charge is 2.52. The molecule has 0 amide bonds. The van der Waals surface area contributed by atoms with Crippen LogP contribution in [-0.2, 0) is 0 Å². The minimum atomic E-state index is 0.108. The molecule has 0 atom stereocenters. The Labute approximate surface area is 106 Å². The number of rotatable bonds is 3. The van der Waals surface area contributed by atoms with Crippen molar-refractivity contribution < 1.29 is 0 Å². The summed E-state index contributed by atoms with van der Waals surface area (Å²) < 4.78 is 0. The highest BCUT2D eigenvalue weighted by molar-refractivity contribution is 7.98. The van der Waals surface area contributed by atoms with Crippen LogP contribution in [0.25, 0.3) is 0 Å². The number of hydrogen-bond acceptors (Lipinski definition) is 6. The molecule has 1 aliphatic rings. The summed E-state index contributed by atoms with van der Waals surface area (Å²) >= 11 is 1.47. The van der Waals surface area contributed by atoms with Crippen LogP contribution in [0.15, 0.2) is 5.16 Å². The van der Waals surface area contributed by atoms with Crippen molar-refractivity contribution in [2.24, 2.45) is 5.41 Å². The minimum absolute atomic E-state index is 0.108. The predicted octanol–water partition coefficient (Wildman–Crippen LogP) is 2.17. The van der Waals surface area contributed by atoms with Crippen LogP contribution >= 0.6 is 11.8 Å². The SMILES string of the molecule is CSc1nc(N)nc(NC2(C(C)(C)C)CC2)n1. The third kappa shape index (κ3) is 2.46. The van der Waals surface area contributed by atoms with Gasteiger partial charge in [-0.3, -0.25) is 0 Å². The summed E-state index contributed by atoms with van der Waals surface area (Å²) in [6.07, 6.45) is 4.22. The first-order valence-corrected chi connectivity index (χ1v) is 6.92. The lowest BCUT2D eigenvalue weighted by atomic mass is 9.84. The quantitative estimate of drug-likeness (QED) is 0.804. The largest absolute Gasteiger partial charge is 0.368 e. The maximum atomic E-state index is 5.67. The first-order chi connectivity index (χ1) is 7.86. The topological polar surface area (TPSA) is 76.7 Å². The summed E-state index contributed by atoms with van der Waals surface area (Å²) in [6, 6.07) is 0. The van der Waals surface area contributed by atoms with Crippen molar-refractivity contribution in [2.75, 3.05) is 17.3 Å². The molecule has 3 N–H and O–H groups in total. The Balaban J connectivity index is 2.22. The number of nitrogen functional groups attached to an aromatic ring is 1. The molecule has 17 heavy (non-hydrogen) atoms. The van der Waals surface area contributed by atoms with Gasteiger partial charge >= 0.3 is 0 Å². The summed E-state index contributed by atoms with van der Waals surface area (Å²) in [4.78, 5) is 12.5. The van der Waals surface area contributed by atoms with E-state index in [-0.39, 0.29) is 16.9 Å². The van der Waals surface area contributed by atoms with E-state index in [2.05, 4.69) is 41.0 Å². The third-order valence-electron chi connectivity index (χ3n) is 3.35. The molecule has 1 aromatic rings. The van der Waals surface area contributed by atoms with E-state index in [1.54, 1.807) is 0 Å². The zero-order valence-electron chi connectivity index (χ0n) is 10.7. The van der Waals surface area contributed by atoms with E-state index in [0.29, 0.717) is 11.1 Å². The second kappa shape index (κ2) is 4.01. The molecule has 1 aromatic heterocycles. The summed E-state index contributed by atoms with van der Waals surface area (Å²) in [5, 5.41) is 4.09. The Kier molecular flexibility index (Phi) is 2.93. The third-order valence-corrected chi connectivity index (χ3v) is 3.90. The molecule has 2 rings (SSSR count). The van der Waals surface area contributed by atoms with Crippen LogP contribution in [0.2, 0.25) is 0 Å². The van der Waals surface area contributed by atoms with E-state index >= 15 is 0 Å². The average molecular weight is 253 g/mol. The minimum Gasteiger partial charge on any atom is -0.368 e. The fourth-order valence-electron chi connectivity index (χ4n) is 1.92. The maximum absolute atomic E-state index is 5.67. The van der Waals surface area contributed by atoms with Gasteiger partial charge in [-0.05, 0) is 24.5 Å². The fraction of sp³-hybridized carbons (Fsp3) is 0.727. The van der Waals surface area contributed by atoms with Crippen molar-refractivity contribution in [1.82, 2.24) is 15.0 Å². The highest BCUT2D eigenvalue weighted by Crippen LogP contribution is 2.51. The summed E-state index contributed by atoms with van der Waals surface area (Å²) in [6.45, 7) is 6.69. The van der Waals surface area contributed by atoms with E-state index in [0.717, 1.165) is 12.8 Å². The van der Waals surface area contributed by atoms with Crippen molar-refractivity contribution in [3.05, 3.63) is 0 Å². The molecule has 6 heteroatoms. The standard InChI is InChI=1S/C11H19N5S/c1-10(2,3)11(5-6-11)16-8-13-7(12)14-9(15-8)17-4/h5-6H2,1-4H3,(H3,12,13,14,15,16). The number of aromatic nitrogens is 3. The van der Waals surface area contributed by atoms with Crippen LogP contribution in [0.4, 0.5) is 11.9 Å². The van der Waals surface area contributed by atoms with Gasteiger partial charge in [-0.1, -0.05) is 32.5 Å². The van der Waals surface area contributed by atoms with Gasteiger partial charge in [-0.2, -0.15) is 15.0 Å². The van der Waals surface area contributed by atoms with Gasteiger partial charge in [0.25, 0.3) is 0 Å². The van der Waals surface area contributed by atoms with Crippen molar-refractivity contribution in [3.8, 4) is 0 Å². The van der Waals surface area contributed by atoms with Crippen LogP contribution in [0.3, 0.4) is 0 Å². The summed E-state index contributed by atoms with van der Waals surface area (Å²) in [7, 11) is 0. The summed E-state index contributed by atoms with van der Waals surface area (Å²) in [5.41, 5.74) is 5.96. The van der Waals surface area contributed by atoms with Crippen LogP contribution < -0.4 is 11.1 Å². The number of thioether (sulfide) groups is 1. The Morgan fingerprint density at radius 1 is 1.24 bits per heavy atom. The maximum Gasteiger partial charge on any atom is 0.228 e. The normalized spacial score (nSPS) is 17.9. The van der Waals surface area contributed by atoms with Crippen LogP contribution in [0.5, 0.6) is 0 Å². The molecule has 5 nitrogen and oxygen atoms in total. The Hall–Kier alpha value is -1.04. The van der Waals surface area contributed by atoms with Gasteiger partial charge in [-0.15, -0.1) is 0 Å². The highest BCUT2D eigenvalue weighted by atomic mass is 32.2. The molecule has 0 unspecified atom stereocenters. The summed E-state index contributed by atoms with van der Waals surface area (Å²) in [5.74, 6) is 0.867. The van der Waals surface area contributed by atoms with Crippen LogP contribution in [0, 0.1) is 5.41 Å². The molecule has 0 aromatic carbocycles. The van der Waals surface area contributed by atoms with Gasteiger partial charge in [-0.25, -0.2) is 0 Å². The first-order valence-electron chi connectivity index (χ1n) is 5.70. The van der Waals surface area contributed by atoms with Crippen molar-refractivity contribution in [3.63, 3.8) is 0 Å². The van der Waals surface area contributed by atoms with E-state index < -0.39 is 0 Å². The smallest absolute Gasteiger partial charge is 0.228 e. The first kappa shape index (κ1) is 12.4. The molecule has 1 aliphatic carbocycles. The second-order valence-electron chi connectivity index (χ2n) is 5.46. The predicted molar refractivity (Wildman–Crippen MR) is 71.1 cm³/mol. The molecular weight excluding hydrogens is 234 g/mol. The number of hydrogen-bond donors (Lipinski definition) is 2. The fourth-order valence-corrected chi connectivity index (χ4v) is 2.28. The molecule has 0 spiro atoms. The molecule has 1 heterocycles. The molecule has 0 aliphatic heterocycles. The van der Waals surface area contributed by atoms with Crippen LogP contribution in [-0.4, -0.2) is 26.7 Å². The van der Waals surface area contributed by atoms with Gasteiger partial charge in [0.15, 0.2) is 5.16 Å². The Bertz CT molecular complexity index is 422. The molecule has 1 fully saturated rings. The van der Waals surface area contributed by atoms with Gasteiger partial charge in [0.05, 0.1) is 0 Å². The lowest BCUT2D eigenvalue weighted by molar-refractivity contribution is 0.321. The zero-order valence-corrected chi connectivity index (χ0v) is 11.6. The second-order valence-corrected chi connectivity index (χ2v) is 6.23. The molecular formula is C11H19N5S. The Morgan fingerprint density at radius 2 is 1.88 bits per heavy atom. The molecule has 1 saturated carbocycles. The number of nitrogens with two attached hydrogens (primary N) is 1. The lowest BCUT2D eigenvalue weighted by Gasteiger charge is -2.31. The molecule has 94 valence electrons. The van der Waals surface area contributed by atoms with E-state index in [9.17, 15) is 0 Å². The van der Waals surface area contributed by atoms with Gasteiger partial charge < -0.3 is 11.1 Å². The monoisotopic (exact) mass is 253 g/mol. The van der Waals surface area contributed by atoms with Gasteiger partial charge in [0, 0.05) is 5.54 Å². The van der Waals surface area contributed by atoms with E-state index in [4.69, 9.17) is 5.73 Å². The van der Waals surface area contributed by atoms with Gasteiger partial charge in [0.2, 0.25) is 11.9 Å². The molecule has 0 radical (unpaired) electrons. The van der Waals surface area contributed by atoms with Crippen LogP contribution in [0.1, 0.15) is 33.6 Å².